The van der Waals surface area contributed by atoms with Crippen molar-refractivity contribution in [1.29, 1.82) is 0 Å². The van der Waals surface area contributed by atoms with Crippen LogP contribution in [0.4, 0.5) is 0 Å². The van der Waals surface area contributed by atoms with Crippen LogP contribution in [0, 0.1) is 0 Å². The maximum absolute atomic E-state index is 11.9. The zero-order chi connectivity index (χ0) is 15.4. The molecule has 0 radical (unpaired) electrons. The monoisotopic (exact) mass is 330 g/mol. The number of hydrogen-bond acceptors (Lipinski definition) is 3. The molecule has 7 heteroatoms. The normalized spacial score (nSPS) is 21.2. The summed E-state index contributed by atoms with van der Waals surface area (Å²) >= 11 is 11.8. The lowest BCUT2D eigenvalue weighted by Crippen LogP contribution is -2.45. The minimum atomic E-state index is -0.918. The van der Waals surface area contributed by atoms with Crippen molar-refractivity contribution in [3.8, 4) is 0 Å². The van der Waals surface area contributed by atoms with E-state index < -0.39 is 18.1 Å². The van der Waals surface area contributed by atoms with Crippen molar-refractivity contribution in [1.82, 2.24) is 10.6 Å². The Hall–Kier alpha value is -1.30. The van der Waals surface area contributed by atoms with E-state index in [0.717, 1.165) is 5.56 Å². The largest absolute Gasteiger partial charge is 0.480 e. The fourth-order valence-electron chi connectivity index (χ4n) is 2.35. The van der Waals surface area contributed by atoms with Crippen LogP contribution in [0.3, 0.4) is 0 Å². The number of halogens is 2. The smallest absolute Gasteiger partial charge is 0.320 e. The zero-order valence-corrected chi connectivity index (χ0v) is 12.7. The van der Waals surface area contributed by atoms with E-state index in [1.807, 2.05) is 0 Å². The quantitative estimate of drug-likeness (QED) is 0.770. The standard InChI is InChI=1S/C14H16Cl2N2O3/c15-9-5-8(6-10(16)7-9)3-4-17-13(19)11-1-2-12(18-11)14(20)21/h5-7,11-12,18H,1-4H2,(H,17,19)(H,20,21)/t11-,12+/m1/s1. The fourth-order valence-corrected chi connectivity index (χ4v) is 2.92. The maximum atomic E-state index is 11.9. The molecule has 1 aromatic carbocycles. The van der Waals surface area contributed by atoms with Crippen LogP contribution in [-0.4, -0.2) is 35.6 Å². The minimum Gasteiger partial charge on any atom is -0.480 e. The van der Waals surface area contributed by atoms with Gasteiger partial charge in [-0.15, -0.1) is 0 Å². The molecule has 0 spiro atoms. The lowest BCUT2D eigenvalue weighted by atomic mass is 10.1. The molecule has 1 aromatic rings. The molecule has 1 saturated heterocycles. The molecular weight excluding hydrogens is 315 g/mol. The number of benzene rings is 1. The summed E-state index contributed by atoms with van der Waals surface area (Å²) in [5, 5.41) is 15.6. The summed E-state index contributed by atoms with van der Waals surface area (Å²) in [5.74, 6) is -1.09. The van der Waals surface area contributed by atoms with Gasteiger partial charge in [0.1, 0.15) is 6.04 Å². The third-order valence-electron chi connectivity index (χ3n) is 3.40. The van der Waals surface area contributed by atoms with E-state index in [2.05, 4.69) is 10.6 Å². The number of carbonyl (C=O) groups is 2. The van der Waals surface area contributed by atoms with Gasteiger partial charge in [0.15, 0.2) is 0 Å². The highest BCUT2D eigenvalue weighted by atomic mass is 35.5. The lowest BCUT2D eigenvalue weighted by Gasteiger charge is -2.12. The first-order valence-electron chi connectivity index (χ1n) is 6.67. The summed E-state index contributed by atoms with van der Waals surface area (Å²) in [4.78, 5) is 22.7. The predicted octanol–water partition coefficient (Wildman–Crippen LogP) is 1.86. The molecule has 0 saturated carbocycles. The lowest BCUT2D eigenvalue weighted by molar-refractivity contribution is -0.139. The van der Waals surface area contributed by atoms with E-state index >= 15 is 0 Å². The van der Waals surface area contributed by atoms with Gasteiger partial charge >= 0.3 is 5.97 Å². The van der Waals surface area contributed by atoms with E-state index in [0.29, 0.717) is 35.9 Å². The average Bonchev–Trinajstić information content (AvgIpc) is 2.87. The Labute approximate surface area is 132 Å². The first kappa shape index (κ1) is 16.1. The number of amides is 1. The van der Waals surface area contributed by atoms with Gasteiger partial charge in [0.25, 0.3) is 0 Å². The van der Waals surface area contributed by atoms with Gasteiger partial charge in [-0.2, -0.15) is 0 Å². The van der Waals surface area contributed by atoms with E-state index in [9.17, 15) is 9.59 Å². The molecule has 1 heterocycles. The second kappa shape index (κ2) is 7.11. The van der Waals surface area contributed by atoms with Gasteiger partial charge in [-0.25, -0.2) is 0 Å². The molecule has 0 bridgehead atoms. The van der Waals surface area contributed by atoms with Gasteiger partial charge in [0, 0.05) is 16.6 Å². The van der Waals surface area contributed by atoms with Crippen molar-refractivity contribution in [3.05, 3.63) is 33.8 Å². The summed E-state index contributed by atoms with van der Waals surface area (Å²) < 4.78 is 0. The molecule has 1 aliphatic rings. The van der Waals surface area contributed by atoms with Gasteiger partial charge in [0.2, 0.25) is 5.91 Å². The van der Waals surface area contributed by atoms with Gasteiger partial charge in [-0.3, -0.25) is 14.9 Å². The van der Waals surface area contributed by atoms with Gasteiger partial charge in [0.05, 0.1) is 6.04 Å². The molecule has 2 atom stereocenters. The van der Waals surface area contributed by atoms with E-state index in [-0.39, 0.29) is 5.91 Å². The fraction of sp³-hybridized carbons (Fsp3) is 0.429. The molecular formula is C14H16Cl2N2O3. The third-order valence-corrected chi connectivity index (χ3v) is 3.83. The second-order valence-electron chi connectivity index (χ2n) is 5.01. The Morgan fingerprint density at radius 2 is 1.81 bits per heavy atom. The van der Waals surface area contributed by atoms with Crippen LogP contribution in [0.2, 0.25) is 10.0 Å². The van der Waals surface area contributed by atoms with Crippen molar-refractivity contribution < 1.29 is 14.7 Å². The molecule has 2 rings (SSSR count). The van der Waals surface area contributed by atoms with E-state index in [1.165, 1.54) is 0 Å². The summed E-state index contributed by atoms with van der Waals surface area (Å²) in [6.45, 7) is 0.450. The number of aliphatic carboxylic acids is 1. The van der Waals surface area contributed by atoms with Crippen LogP contribution in [-0.2, 0) is 16.0 Å². The number of carbonyl (C=O) groups excluding carboxylic acids is 1. The summed E-state index contributed by atoms with van der Waals surface area (Å²) in [6, 6.07) is 4.18. The van der Waals surface area contributed by atoms with Crippen LogP contribution in [0.15, 0.2) is 18.2 Å². The molecule has 0 unspecified atom stereocenters. The van der Waals surface area contributed by atoms with Crippen LogP contribution in [0.1, 0.15) is 18.4 Å². The maximum Gasteiger partial charge on any atom is 0.320 e. The molecule has 1 amide bonds. The predicted molar refractivity (Wildman–Crippen MR) is 80.8 cm³/mol. The Balaban J connectivity index is 1.78. The summed E-state index contributed by atoms with van der Waals surface area (Å²) in [6.07, 6.45) is 1.62. The Bertz CT molecular complexity index is 531. The number of carboxylic acids is 1. The molecule has 0 aromatic heterocycles. The van der Waals surface area contributed by atoms with Crippen molar-refractivity contribution in [3.63, 3.8) is 0 Å². The molecule has 5 nitrogen and oxygen atoms in total. The van der Waals surface area contributed by atoms with E-state index in [4.69, 9.17) is 28.3 Å². The molecule has 1 fully saturated rings. The number of nitrogens with one attached hydrogen (secondary N) is 2. The molecule has 114 valence electrons. The van der Waals surface area contributed by atoms with Crippen LogP contribution in [0.25, 0.3) is 0 Å². The molecule has 3 N–H and O–H groups in total. The first-order chi connectivity index (χ1) is 9.95. The highest BCUT2D eigenvalue weighted by Gasteiger charge is 2.32. The number of hydrogen-bond donors (Lipinski definition) is 3. The Morgan fingerprint density at radius 3 is 2.38 bits per heavy atom. The van der Waals surface area contributed by atoms with Gasteiger partial charge < -0.3 is 10.4 Å². The molecule has 1 aliphatic heterocycles. The third kappa shape index (κ3) is 4.59. The van der Waals surface area contributed by atoms with Crippen molar-refractivity contribution in [2.24, 2.45) is 0 Å². The van der Waals surface area contributed by atoms with Crippen LogP contribution >= 0.6 is 23.2 Å². The van der Waals surface area contributed by atoms with Gasteiger partial charge in [-0.05, 0) is 43.0 Å². The number of rotatable bonds is 5. The summed E-state index contributed by atoms with van der Waals surface area (Å²) in [5.41, 5.74) is 0.940. The van der Waals surface area contributed by atoms with Crippen molar-refractivity contribution >= 4 is 35.1 Å². The highest BCUT2D eigenvalue weighted by molar-refractivity contribution is 6.34. The van der Waals surface area contributed by atoms with Crippen molar-refractivity contribution in [2.45, 2.75) is 31.3 Å². The van der Waals surface area contributed by atoms with Crippen LogP contribution < -0.4 is 10.6 Å². The van der Waals surface area contributed by atoms with E-state index in [1.54, 1.807) is 18.2 Å². The second-order valence-corrected chi connectivity index (χ2v) is 5.88. The molecule has 0 aliphatic carbocycles. The van der Waals surface area contributed by atoms with Gasteiger partial charge in [-0.1, -0.05) is 23.2 Å². The Kier molecular flexibility index (Phi) is 5.45. The highest BCUT2D eigenvalue weighted by Crippen LogP contribution is 2.19. The zero-order valence-electron chi connectivity index (χ0n) is 11.2. The number of carboxylic acid groups (broad SMARTS) is 1. The van der Waals surface area contributed by atoms with Crippen LogP contribution in [0.5, 0.6) is 0 Å². The topological polar surface area (TPSA) is 78.4 Å². The minimum absolute atomic E-state index is 0.174. The molecule has 21 heavy (non-hydrogen) atoms. The van der Waals surface area contributed by atoms with Crippen molar-refractivity contribution in [2.75, 3.05) is 6.54 Å². The summed E-state index contributed by atoms with van der Waals surface area (Å²) in [7, 11) is 0. The SMILES string of the molecule is O=C(O)[C@@H]1CC[C@H](C(=O)NCCc2cc(Cl)cc(Cl)c2)N1. The average molecular weight is 331 g/mol. The Morgan fingerprint density at radius 1 is 1.19 bits per heavy atom. The first-order valence-corrected chi connectivity index (χ1v) is 7.43.